The van der Waals surface area contributed by atoms with E-state index in [0.717, 1.165) is 37.7 Å². The molecule has 5 nitrogen and oxygen atoms in total. The second-order valence-electron chi connectivity index (χ2n) is 5.45. The van der Waals surface area contributed by atoms with E-state index in [1.54, 1.807) is 13.3 Å². The summed E-state index contributed by atoms with van der Waals surface area (Å²) < 4.78 is 5.13. The van der Waals surface area contributed by atoms with Crippen LogP contribution in [0.15, 0.2) is 18.3 Å². The fraction of sp³-hybridized carbons (Fsp3) is 0.571. The molecule has 1 aliphatic rings. The van der Waals surface area contributed by atoms with Gasteiger partial charge in [-0.15, -0.1) is 0 Å². The fourth-order valence-corrected chi connectivity index (χ4v) is 2.46. The summed E-state index contributed by atoms with van der Waals surface area (Å²) >= 11 is 5.16. The average molecular weight is 294 g/mol. The summed E-state index contributed by atoms with van der Waals surface area (Å²) in [7, 11) is 1.65. The number of anilines is 1. The Bertz CT molecular complexity index is 467. The standard InChI is InChI=1S/C14H22N4OS/c1-14(2,13(15)20)18-8-6-17(7-9-18)12-5-4-11(19-3)10-16-12/h4-5,10H,6-9H2,1-3H3,(H2,15,20). The molecule has 2 heterocycles. The second-order valence-corrected chi connectivity index (χ2v) is 5.89. The SMILES string of the molecule is COc1ccc(N2CCN(C(C)(C)C(N)=S)CC2)nc1. The van der Waals surface area contributed by atoms with Gasteiger partial charge in [-0.3, -0.25) is 4.90 Å². The molecule has 1 aliphatic heterocycles. The largest absolute Gasteiger partial charge is 0.495 e. The van der Waals surface area contributed by atoms with Crippen LogP contribution in [0.2, 0.25) is 0 Å². The average Bonchev–Trinajstić information content (AvgIpc) is 2.47. The topological polar surface area (TPSA) is 54.6 Å². The molecule has 1 aromatic rings. The predicted molar refractivity (Wildman–Crippen MR) is 85.4 cm³/mol. The number of hydrogen-bond acceptors (Lipinski definition) is 5. The monoisotopic (exact) mass is 294 g/mol. The Balaban J connectivity index is 1.98. The van der Waals surface area contributed by atoms with Gasteiger partial charge in [0, 0.05) is 26.2 Å². The molecule has 0 atom stereocenters. The molecule has 0 aliphatic carbocycles. The van der Waals surface area contributed by atoms with Crippen molar-refractivity contribution in [3.63, 3.8) is 0 Å². The molecule has 1 fully saturated rings. The predicted octanol–water partition coefficient (Wildman–Crippen LogP) is 1.28. The molecule has 0 saturated carbocycles. The number of piperazine rings is 1. The number of hydrogen-bond donors (Lipinski definition) is 1. The highest BCUT2D eigenvalue weighted by Crippen LogP contribution is 2.21. The zero-order valence-electron chi connectivity index (χ0n) is 12.3. The molecule has 110 valence electrons. The van der Waals surface area contributed by atoms with Crippen LogP contribution in [0.25, 0.3) is 0 Å². The van der Waals surface area contributed by atoms with Crippen molar-refractivity contribution in [2.45, 2.75) is 19.4 Å². The van der Waals surface area contributed by atoms with Crippen LogP contribution >= 0.6 is 12.2 Å². The molecule has 0 aromatic carbocycles. The number of ether oxygens (including phenoxy) is 1. The van der Waals surface area contributed by atoms with E-state index in [0.29, 0.717) is 4.99 Å². The quantitative estimate of drug-likeness (QED) is 0.844. The number of pyridine rings is 1. The normalized spacial score (nSPS) is 17.1. The van der Waals surface area contributed by atoms with E-state index in [9.17, 15) is 0 Å². The van der Waals surface area contributed by atoms with Gasteiger partial charge in [-0.05, 0) is 26.0 Å². The van der Waals surface area contributed by atoms with Gasteiger partial charge in [0.1, 0.15) is 11.6 Å². The molecular weight excluding hydrogens is 272 g/mol. The first-order valence-electron chi connectivity index (χ1n) is 6.75. The highest BCUT2D eigenvalue weighted by atomic mass is 32.1. The first-order valence-corrected chi connectivity index (χ1v) is 7.16. The summed E-state index contributed by atoms with van der Waals surface area (Å²) in [5.41, 5.74) is 5.60. The Labute approximate surface area is 125 Å². The molecule has 0 radical (unpaired) electrons. The van der Waals surface area contributed by atoms with Crippen LogP contribution < -0.4 is 15.4 Å². The zero-order chi connectivity index (χ0) is 14.8. The minimum Gasteiger partial charge on any atom is -0.495 e. The van der Waals surface area contributed by atoms with Crippen molar-refractivity contribution in [2.75, 3.05) is 38.2 Å². The van der Waals surface area contributed by atoms with Crippen LogP contribution in [-0.2, 0) is 0 Å². The first-order chi connectivity index (χ1) is 9.45. The highest BCUT2D eigenvalue weighted by Gasteiger charge is 2.32. The summed E-state index contributed by atoms with van der Waals surface area (Å²) in [6, 6.07) is 3.93. The van der Waals surface area contributed by atoms with Gasteiger partial charge in [-0.2, -0.15) is 0 Å². The Morgan fingerprint density at radius 2 is 1.95 bits per heavy atom. The lowest BCUT2D eigenvalue weighted by molar-refractivity contribution is 0.168. The van der Waals surface area contributed by atoms with Gasteiger partial charge in [0.25, 0.3) is 0 Å². The Morgan fingerprint density at radius 3 is 2.40 bits per heavy atom. The van der Waals surface area contributed by atoms with E-state index in [1.807, 2.05) is 12.1 Å². The second kappa shape index (κ2) is 5.93. The number of thiocarbonyl (C=S) groups is 1. The molecule has 2 rings (SSSR count). The van der Waals surface area contributed by atoms with E-state index in [1.165, 1.54) is 0 Å². The van der Waals surface area contributed by atoms with Crippen molar-refractivity contribution in [1.82, 2.24) is 9.88 Å². The molecular formula is C14H22N4OS. The summed E-state index contributed by atoms with van der Waals surface area (Å²) in [5.74, 6) is 1.76. The number of nitrogens with zero attached hydrogens (tertiary/aromatic N) is 3. The van der Waals surface area contributed by atoms with Crippen LogP contribution in [-0.4, -0.2) is 53.7 Å². The lowest BCUT2D eigenvalue weighted by Crippen LogP contribution is -2.59. The smallest absolute Gasteiger partial charge is 0.137 e. The lowest BCUT2D eigenvalue weighted by Gasteiger charge is -2.43. The lowest BCUT2D eigenvalue weighted by atomic mass is 10.0. The molecule has 6 heteroatoms. The van der Waals surface area contributed by atoms with Gasteiger partial charge < -0.3 is 15.4 Å². The van der Waals surface area contributed by atoms with Crippen LogP contribution in [0.5, 0.6) is 5.75 Å². The van der Waals surface area contributed by atoms with Crippen molar-refractivity contribution in [3.05, 3.63) is 18.3 Å². The molecule has 0 spiro atoms. The van der Waals surface area contributed by atoms with Gasteiger partial charge in [0.15, 0.2) is 0 Å². The maximum absolute atomic E-state index is 5.83. The third-order valence-electron chi connectivity index (χ3n) is 3.95. The van der Waals surface area contributed by atoms with E-state index < -0.39 is 0 Å². The number of aromatic nitrogens is 1. The fourth-order valence-electron chi connectivity index (χ4n) is 2.33. The van der Waals surface area contributed by atoms with Crippen molar-refractivity contribution in [1.29, 1.82) is 0 Å². The van der Waals surface area contributed by atoms with Gasteiger partial charge in [0.2, 0.25) is 0 Å². The van der Waals surface area contributed by atoms with Gasteiger partial charge in [-0.25, -0.2) is 4.98 Å². The molecule has 0 unspecified atom stereocenters. The van der Waals surface area contributed by atoms with Crippen LogP contribution in [0.4, 0.5) is 5.82 Å². The van der Waals surface area contributed by atoms with Crippen molar-refractivity contribution in [3.8, 4) is 5.75 Å². The van der Waals surface area contributed by atoms with Gasteiger partial charge in [-0.1, -0.05) is 12.2 Å². The maximum atomic E-state index is 5.83. The highest BCUT2D eigenvalue weighted by molar-refractivity contribution is 7.80. The zero-order valence-corrected chi connectivity index (χ0v) is 13.1. The van der Waals surface area contributed by atoms with E-state index in [-0.39, 0.29) is 5.54 Å². The molecule has 1 saturated heterocycles. The molecule has 2 N–H and O–H groups in total. The van der Waals surface area contributed by atoms with Gasteiger partial charge >= 0.3 is 0 Å². The maximum Gasteiger partial charge on any atom is 0.137 e. The summed E-state index contributed by atoms with van der Waals surface area (Å²) in [6.45, 7) is 7.86. The summed E-state index contributed by atoms with van der Waals surface area (Å²) in [4.78, 5) is 9.58. The van der Waals surface area contributed by atoms with Crippen molar-refractivity contribution < 1.29 is 4.74 Å². The molecule has 0 bridgehead atoms. The van der Waals surface area contributed by atoms with Crippen LogP contribution in [0.1, 0.15) is 13.8 Å². The third kappa shape index (κ3) is 3.02. The number of rotatable bonds is 4. The van der Waals surface area contributed by atoms with Gasteiger partial charge in [0.05, 0.1) is 23.8 Å². The van der Waals surface area contributed by atoms with E-state index >= 15 is 0 Å². The number of nitrogens with two attached hydrogens (primary N) is 1. The van der Waals surface area contributed by atoms with Crippen LogP contribution in [0.3, 0.4) is 0 Å². The molecule has 1 aromatic heterocycles. The minimum absolute atomic E-state index is 0.227. The summed E-state index contributed by atoms with van der Waals surface area (Å²) in [5, 5.41) is 0. The minimum atomic E-state index is -0.227. The Hall–Kier alpha value is -1.40. The first kappa shape index (κ1) is 15.0. The Kier molecular flexibility index (Phi) is 4.45. The van der Waals surface area contributed by atoms with E-state index in [2.05, 4.69) is 28.6 Å². The van der Waals surface area contributed by atoms with Crippen molar-refractivity contribution >= 4 is 23.0 Å². The van der Waals surface area contributed by atoms with Crippen molar-refractivity contribution in [2.24, 2.45) is 5.73 Å². The van der Waals surface area contributed by atoms with E-state index in [4.69, 9.17) is 22.7 Å². The summed E-state index contributed by atoms with van der Waals surface area (Å²) in [6.07, 6.45) is 1.75. The van der Waals surface area contributed by atoms with Crippen LogP contribution in [0, 0.1) is 0 Å². The number of methoxy groups -OCH3 is 1. The third-order valence-corrected chi connectivity index (χ3v) is 4.45. The molecule has 20 heavy (non-hydrogen) atoms. The molecule has 0 amide bonds. The Morgan fingerprint density at radius 1 is 1.30 bits per heavy atom.